The van der Waals surface area contributed by atoms with Gasteiger partial charge in [-0.1, -0.05) is 6.92 Å². The summed E-state index contributed by atoms with van der Waals surface area (Å²) in [5, 5.41) is 27.7. The molecule has 0 heterocycles. The molecule has 0 amide bonds. The molecule has 7 nitrogen and oxygen atoms in total. The lowest BCUT2D eigenvalue weighted by atomic mass is 10.3. The van der Waals surface area contributed by atoms with E-state index in [-0.39, 0.29) is 6.42 Å². The topological polar surface area (TPSA) is 113 Å². The number of carbonyl (C=O) groups excluding carboxylic acids is 2. The Bertz CT molecular complexity index is 197. The van der Waals surface area contributed by atoms with Gasteiger partial charge in [-0.05, 0) is 0 Å². The smallest absolute Gasteiger partial charge is 0.338 e. The quantitative estimate of drug-likeness (QED) is 0.421. The summed E-state index contributed by atoms with van der Waals surface area (Å²) < 4.78 is 8.81. The third-order valence-electron chi connectivity index (χ3n) is 1.40. The van der Waals surface area contributed by atoms with Crippen molar-refractivity contribution in [3.8, 4) is 0 Å². The fraction of sp³-hybridized carbons (Fsp3) is 0.750. The van der Waals surface area contributed by atoms with E-state index in [2.05, 4.69) is 9.47 Å². The number of hydrogen-bond acceptors (Lipinski definition) is 6. The normalized spacial score (nSPS) is 14.1. The molecule has 7 heteroatoms. The second-order valence-electron chi connectivity index (χ2n) is 2.60. The minimum absolute atomic E-state index is 0.0174. The molecule has 0 spiro atoms. The monoisotopic (exact) mass is 221 g/mol. The summed E-state index contributed by atoms with van der Waals surface area (Å²) >= 11 is 0. The SMILES string of the molecule is CCC(=O)OC(OC(=O)C[O])C(O)CO. The van der Waals surface area contributed by atoms with Crippen LogP contribution in [0.1, 0.15) is 13.3 Å². The molecule has 0 fully saturated rings. The first-order chi connectivity index (χ1) is 7.04. The van der Waals surface area contributed by atoms with Gasteiger partial charge in [0.05, 0.1) is 6.61 Å². The highest BCUT2D eigenvalue weighted by molar-refractivity contribution is 5.71. The van der Waals surface area contributed by atoms with Crippen molar-refractivity contribution < 1.29 is 34.4 Å². The van der Waals surface area contributed by atoms with Gasteiger partial charge in [-0.2, -0.15) is 0 Å². The molecule has 2 atom stereocenters. The fourth-order valence-electron chi connectivity index (χ4n) is 0.644. The number of aliphatic hydroxyl groups excluding tert-OH is 2. The van der Waals surface area contributed by atoms with Gasteiger partial charge in [0.2, 0.25) is 0 Å². The average molecular weight is 221 g/mol. The van der Waals surface area contributed by atoms with Gasteiger partial charge in [0.25, 0.3) is 6.29 Å². The van der Waals surface area contributed by atoms with Crippen LogP contribution in [0.25, 0.3) is 0 Å². The molecule has 0 saturated carbocycles. The summed E-state index contributed by atoms with van der Waals surface area (Å²) in [5.41, 5.74) is 0. The Kier molecular flexibility index (Phi) is 6.59. The van der Waals surface area contributed by atoms with E-state index in [9.17, 15) is 14.7 Å². The lowest BCUT2D eigenvalue weighted by Crippen LogP contribution is -2.38. The summed E-state index contributed by atoms with van der Waals surface area (Å²) in [6.07, 6.45) is -3.18. The fourth-order valence-corrected chi connectivity index (χ4v) is 0.644. The van der Waals surface area contributed by atoms with Crippen molar-refractivity contribution in [3.05, 3.63) is 0 Å². The second kappa shape index (κ2) is 7.16. The van der Waals surface area contributed by atoms with Gasteiger partial charge in [0, 0.05) is 6.42 Å². The van der Waals surface area contributed by atoms with E-state index < -0.39 is 37.5 Å². The molecule has 1 radical (unpaired) electrons. The largest absolute Gasteiger partial charge is 0.422 e. The van der Waals surface area contributed by atoms with Crippen molar-refractivity contribution in [2.75, 3.05) is 13.2 Å². The second-order valence-corrected chi connectivity index (χ2v) is 2.60. The van der Waals surface area contributed by atoms with Crippen LogP contribution in [0.4, 0.5) is 0 Å². The van der Waals surface area contributed by atoms with Gasteiger partial charge >= 0.3 is 11.9 Å². The highest BCUT2D eigenvalue weighted by Gasteiger charge is 2.26. The van der Waals surface area contributed by atoms with Crippen molar-refractivity contribution in [2.24, 2.45) is 0 Å². The van der Waals surface area contributed by atoms with Crippen molar-refractivity contribution in [1.82, 2.24) is 0 Å². The molecule has 2 unspecified atom stereocenters. The Morgan fingerprint density at radius 1 is 1.27 bits per heavy atom. The standard InChI is InChI=1S/C8H13O7/c1-2-6(12)14-8(5(11)3-9)15-7(13)4-10/h5,8-9,11H,2-4H2,1H3. The summed E-state index contributed by atoms with van der Waals surface area (Å²) in [6, 6.07) is 0. The van der Waals surface area contributed by atoms with Crippen molar-refractivity contribution >= 4 is 11.9 Å². The van der Waals surface area contributed by atoms with E-state index in [0.29, 0.717) is 0 Å². The molecule has 0 aliphatic heterocycles. The van der Waals surface area contributed by atoms with Gasteiger partial charge in [-0.3, -0.25) is 4.79 Å². The van der Waals surface area contributed by atoms with Crippen LogP contribution in [0.2, 0.25) is 0 Å². The average Bonchev–Trinajstić information content (AvgIpc) is 2.26. The van der Waals surface area contributed by atoms with Crippen molar-refractivity contribution in [2.45, 2.75) is 25.7 Å². The van der Waals surface area contributed by atoms with Crippen LogP contribution in [0, 0.1) is 0 Å². The maximum Gasteiger partial charge on any atom is 0.338 e. The van der Waals surface area contributed by atoms with Crippen LogP contribution < -0.4 is 0 Å². The van der Waals surface area contributed by atoms with Gasteiger partial charge in [0.1, 0.15) is 0 Å². The van der Waals surface area contributed by atoms with Gasteiger partial charge < -0.3 is 19.7 Å². The molecular formula is C8H13O7. The molecule has 0 aromatic heterocycles. The van der Waals surface area contributed by atoms with E-state index in [0.717, 1.165) is 0 Å². The van der Waals surface area contributed by atoms with Crippen LogP contribution >= 0.6 is 0 Å². The van der Waals surface area contributed by atoms with Gasteiger partial charge in [0.15, 0.2) is 12.7 Å². The first-order valence-corrected chi connectivity index (χ1v) is 4.31. The molecule has 0 aromatic rings. The zero-order valence-electron chi connectivity index (χ0n) is 8.21. The van der Waals surface area contributed by atoms with Gasteiger partial charge in [-0.25, -0.2) is 9.90 Å². The van der Waals surface area contributed by atoms with Crippen molar-refractivity contribution in [1.29, 1.82) is 0 Å². The minimum atomic E-state index is -1.64. The lowest BCUT2D eigenvalue weighted by molar-refractivity contribution is -0.212. The maximum atomic E-state index is 10.8. The van der Waals surface area contributed by atoms with Crippen LogP contribution in [0.3, 0.4) is 0 Å². The Morgan fingerprint density at radius 2 is 1.80 bits per heavy atom. The number of esters is 2. The first-order valence-electron chi connectivity index (χ1n) is 4.31. The molecule has 2 N–H and O–H groups in total. The molecule has 0 aromatic carbocycles. The zero-order valence-corrected chi connectivity index (χ0v) is 8.21. The Hall–Kier alpha value is -1.18. The minimum Gasteiger partial charge on any atom is -0.422 e. The summed E-state index contributed by atoms with van der Waals surface area (Å²) in [6.45, 7) is -0.410. The molecular weight excluding hydrogens is 208 g/mol. The lowest BCUT2D eigenvalue weighted by Gasteiger charge is -2.20. The van der Waals surface area contributed by atoms with E-state index >= 15 is 0 Å². The number of ether oxygens (including phenoxy) is 2. The summed E-state index contributed by atoms with van der Waals surface area (Å²) in [7, 11) is 0. The first kappa shape index (κ1) is 13.8. The number of carbonyl (C=O) groups is 2. The van der Waals surface area contributed by atoms with Crippen LogP contribution in [-0.4, -0.2) is 47.8 Å². The highest BCUT2D eigenvalue weighted by Crippen LogP contribution is 2.04. The Morgan fingerprint density at radius 3 is 2.20 bits per heavy atom. The Labute approximate surface area is 86.2 Å². The van der Waals surface area contributed by atoms with E-state index in [4.69, 9.17) is 10.2 Å². The summed E-state index contributed by atoms with van der Waals surface area (Å²) in [5.74, 6) is -1.89. The molecule has 0 saturated heterocycles. The number of hydrogen-bond donors (Lipinski definition) is 2. The predicted octanol–water partition coefficient (Wildman–Crippen LogP) is -1.41. The predicted molar refractivity (Wildman–Crippen MR) is 44.9 cm³/mol. The molecule has 0 bridgehead atoms. The van der Waals surface area contributed by atoms with E-state index in [1.807, 2.05) is 0 Å². The number of aliphatic hydroxyl groups is 2. The third-order valence-corrected chi connectivity index (χ3v) is 1.40. The molecule has 0 rings (SSSR count). The van der Waals surface area contributed by atoms with E-state index in [1.54, 1.807) is 0 Å². The number of rotatable bonds is 6. The molecule has 87 valence electrons. The Balaban J connectivity index is 4.30. The molecule has 0 aliphatic rings. The van der Waals surface area contributed by atoms with Crippen LogP contribution in [0.15, 0.2) is 0 Å². The van der Waals surface area contributed by atoms with Gasteiger partial charge in [-0.15, -0.1) is 0 Å². The van der Waals surface area contributed by atoms with Crippen molar-refractivity contribution in [3.63, 3.8) is 0 Å². The van der Waals surface area contributed by atoms with E-state index in [1.165, 1.54) is 6.92 Å². The highest BCUT2D eigenvalue weighted by atomic mass is 16.7. The third kappa shape index (κ3) is 5.31. The van der Waals surface area contributed by atoms with Crippen LogP contribution in [0.5, 0.6) is 0 Å². The van der Waals surface area contributed by atoms with Crippen LogP contribution in [-0.2, 0) is 24.2 Å². The molecule has 0 aliphatic carbocycles. The maximum absolute atomic E-state index is 10.8. The summed E-state index contributed by atoms with van der Waals surface area (Å²) in [4.78, 5) is 21.4. The molecule has 15 heavy (non-hydrogen) atoms. The zero-order chi connectivity index (χ0) is 11.8.